The van der Waals surface area contributed by atoms with Gasteiger partial charge in [0.1, 0.15) is 0 Å². The molecule has 1 rings (SSSR count). The third-order valence-corrected chi connectivity index (χ3v) is 2.94. The van der Waals surface area contributed by atoms with Gasteiger partial charge in [0.2, 0.25) is 0 Å². The van der Waals surface area contributed by atoms with Crippen molar-refractivity contribution < 1.29 is 4.79 Å². The zero-order valence-corrected chi connectivity index (χ0v) is 10.9. The monoisotopic (exact) mass is 246 g/mol. The van der Waals surface area contributed by atoms with Gasteiger partial charge in [0, 0.05) is 25.7 Å². The molecule has 1 unspecified atom stereocenters. The Bertz CT molecular complexity index is 478. The highest BCUT2D eigenvalue weighted by Crippen LogP contribution is 2.25. The predicted molar refractivity (Wildman–Crippen MR) is 72.3 cm³/mol. The maximum Gasteiger partial charge on any atom is 0.251 e. The maximum absolute atomic E-state index is 11.5. The average molecular weight is 246 g/mol. The van der Waals surface area contributed by atoms with Gasteiger partial charge in [-0.1, -0.05) is 0 Å². The minimum Gasteiger partial charge on any atom is -0.397 e. The summed E-state index contributed by atoms with van der Waals surface area (Å²) in [4.78, 5) is 13.4. The molecule has 0 aromatic heterocycles. The van der Waals surface area contributed by atoms with Gasteiger partial charge in [-0.15, -0.1) is 0 Å². The van der Waals surface area contributed by atoms with E-state index < -0.39 is 0 Å². The van der Waals surface area contributed by atoms with Gasteiger partial charge in [-0.05, 0) is 25.1 Å². The molecule has 1 amide bonds. The number of hydrogen-bond donors (Lipinski definition) is 2. The van der Waals surface area contributed by atoms with Crippen LogP contribution in [0.5, 0.6) is 0 Å². The van der Waals surface area contributed by atoms with E-state index in [4.69, 9.17) is 11.0 Å². The highest BCUT2D eigenvalue weighted by atomic mass is 16.1. The van der Waals surface area contributed by atoms with Gasteiger partial charge in [0.15, 0.2) is 0 Å². The van der Waals surface area contributed by atoms with Crippen LogP contribution < -0.4 is 16.0 Å². The number of nitrogens with one attached hydrogen (secondary N) is 1. The van der Waals surface area contributed by atoms with E-state index in [1.807, 2.05) is 18.9 Å². The summed E-state index contributed by atoms with van der Waals surface area (Å²) in [5, 5.41) is 11.2. The Morgan fingerprint density at radius 2 is 2.28 bits per heavy atom. The van der Waals surface area contributed by atoms with Gasteiger partial charge in [-0.25, -0.2) is 0 Å². The molecular weight excluding hydrogens is 228 g/mol. The van der Waals surface area contributed by atoms with Crippen molar-refractivity contribution in [3.8, 4) is 6.07 Å². The van der Waals surface area contributed by atoms with Crippen LogP contribution in [0, 0.1) is 11.3 Å². The molecule has 0 bridgehead atoms. The molecule has 0 aliphatic rings. The van der Waals surface area contributed by atoms with Crippen LogP contribution in [0.25, 0.3) is 0 Å². The van der Waals surface area contributed by atoms with Gasteiger partial charge < -0.3 is 16.0 Å². The van der Waals surface area contributed by atoms with E-state index in [9.17, 15) is 4.79 Å². The van der Waals surface area contributed by atoms with Crippen LogP contribution >= 0.6 is 0 Å². The molecule has 0 radical (unpaired) electrons. The molecule has 0 aliphatic heterocycles. The van der Waals surface area contributed by atoms with E-state index in [0.29, 0.717) is 17.7 Å². The summed E-state index contributed by atoms with van der Waals surface area (Å²) in [6.45, 7) is 1.95. The van der Waals surface area contributed by atoms with Crippen molar-refractivity contribution >= 4 is 17.3 Å². The Kier molecular flexibility index (Phi) is 4.55. The van der Waals surface area contributed by atoms with Crippen molar-refractivity contribution in [3.63, 3.8) is 0 Å². The molecule has 0 aliphatic carbocycles. The smallest absolute Gasteiger partial charge is 0.251 e. The molecule has 1 aromatic carbocycles. The Balaban J connectivity index is 2.99. The van der Waals surface area contributed by atoms with E-state index in [0.717, 1.165) is 5.69 Å². The minimum absolute atomic E-state index is 0.0724. The molecule has 1 aromatic rings. The second-order valence-corrected chi connectivity index (χ2v) is 4.17. The summed E-state index contributed by atoms with van der Waals surface area (Å²) in [5.74, 6) is -0.166. The van der Waals surface area contributed by atoms with Gasteiger partial charge in [0.05, 0.1) is 23.9 Å². The van der Waals surface area contributed by atoms with Crippen LogP contribution in [-0.4, -0.2) is 26.0 Å². The second kappa shape index (κ2) is 5.92. The van der Waals surface area contributed by atoms with Gasteiger partial charge in [-0.3, -0.25) is 4.79 Å². The first-order chi connectivity index (χ1) is 8.51. The van der Waals surface area contributed by atoms with E-state index in [1.54, 1.807) is 25.2 Å². The number of nitriles is 1. The molecular formula is C13H18N4O. The molecule has 5 heteroatoms. The lowest BCUT2D eigenvalue weighted by Crippen LogP contribution is -2.29. The number of hydrogen-bond acceptors (Lipinski definition) is 4. The van der Waals surface area contributed by atoms with Crippen LogP contribution in [0.15, 0.2) is 18.2 Å². The Hall–Kier alpha value is -2.22. The molecule has 5 nitrogen and oxygen atoms in total. The minimum atomic E-state index is -0.166. The lowest BCUT2D eigenvalue weighted by Gasteiger charge is -2.26. The van der Waals surface area contributed by atoms with Crippen LogP contribution in [0.1, 0.15) is 23.7 Å². The van der Waals surface area contributed by atoms with Crippen LogP contribution in [0.3, 0.4) is 0 Å². The lowest BCUT2D eigenvalue weighted by molar-refractivity contribution is 0.0963. The predicted octanol–water partition coefficient (Wildman–Crippen LogP) is 1.37. The van der Waals surface area contributed by atoms with Crippen molar-refractivity contribution in [1.82, 2.24) is 5.32 Å². The standard InChI is InChI=1S/C13H18N4O/c1-9(6-7-14)17(3)12-5-4-10(8-11(12)15)13(18)16-2/h4-5,8-9H,6,15H2,1-3H3,(H,16,18). The lowest BCUT2D eigenvalue weighted by atomic mass is 10.1. The first-order valence-corrected chi connectivity index (χ1v) is 5.72. The Morgan fingerprint density at radius 3 is 2.78 bits per heavy atom. The van der Waals surface area contributed by atoms with Crippen molar-refractivity contribution in [2.45, 2.75) is 19.4 Å². The zero-order valence-electron chi connectivity index (χ0n) is 10.9. The summed E-state index contributed by atoms with van der Waals surface area (Å²) in [5.41, 5.74) is 7.83. The SMILES string of the molecule is CNC(=O)c1ccc(N(C)C(C)CC#N)c(N)c1. The number of carbonyl (C=O) groups is 1. The Morgan fingerprint density at radius 1 is 1.61 bits per heavy atom. The third-order valence-electron chi connectivity index (χ3n) is 2.94. The summed E-state index contributed by atoms with van der Waals surface area (Å²) >= 11 is 0. The molecule has 3 N–H and O–H groups in total. The van der Waals surface area contributed by atoms with Crippen molar-refractivity contribution in [2.24, 2.45) is 0 Å². The fourth-order valence-electron chi connectivity index (χ4n) is 1.67. The molecule has 0 heterocycles. The van der Waals surface area contributed by atoms with Crippen LogP contribution in [0.2, 0.25) is 0 Å². The average Bonchev–Trinajstić information content (AvgIpc) is 2.37. The summed E-state index contributed by atoms with van der Waals surface area (Å²) in [6, 6.07) is 7.37. The van der Waals surface area contributed by atoms with E-state index >= 15 is 0 Å². The number of nitrogens with zero attached hydrogens (tertiary/aromatic N) is 2. The number of rotatable bonds is 4. The van der Waals surface area contributed by atoms with Crippen molar-refractivity contribution in [1.29, 1.82) is 5.26 Å². The van der Waals surface area contributed by atoms with Gasteiger partial charge >= 0.3 is 0 Å². The van der Waals surface area contributed by atoms with Gasteiger partial charge in [0.25, 0.3) is 5.91 Å². The van der Waals surface area contributed by atoms with Crippen LogP contribution in [0.4, 0.5) is 11.4 Å². The molecule has 0 saturated heterocycles. The molecule has 96 valence electrons. The number of nitrogen functional groups attached to an aromatic ring is 1. The molecule has 0 spiro atoms. The number of nitrogens with two attached hydrogens (primary N) is 1. The largest absolute Gasteiger partial charge is 0.397 e. The van der Waals surface area contributed by atoms with Crippen LogP contribution in [-0.2, 0) is 0 Å². The second-order valence-electron chi connectivity index (χ2n) is 4.17. The summed E-state index contributed by atoms with van der Waals surface area (Å²) < 4.78 is 0. The zero-order chi connectivity index (χ0) is 13.7. The summed E-state index contributed by atoms with van der Waals surface area (Å²) in [7, 11) is 3.46. The summed E-state index contributed by atoms with van der Waals surface area (Å²) in [6.07, 6.45) is 0.424. The highest BCUT2D eigenvalue weighted by Gasteiger charge is 2.13. The van der Waals surface area contributed by atoms with E-state index in [-0.39, 0.29) is 11.9 Å². The van der Waals surface area contributed by atoms with Crippen molar-refractivity contribution in [2.75, 3.05) is 24.7 Å². The maximum atomic E-state index is 11.5. The highest BCUT2D eigenvalue weighted by molar-refractivity contribution is 5.96. The van der Waals surface area contributed by atoms with Crippen molar-refractivity contribution in [3.05, 3.63) is 23.8 Å². The molecule has 18 heavy (non-hydrogen) atoms. The normalized spacial score (nSPS) is 11.4. The first kappa shape index (κ1) is 13.8. The fourth-order valence-corrected chi connectivity index (χ4v) is 1.67. The molecule has 0 fully saturated rings. The van der Waals surface area contributed by atoms with E-state index in [2.05, 4.69) is 11.4 Å². The molecule has 1 atom stereocenters. The first-order valence-electron chi connectivity index (χ1n) is 5.72. The number of anilines is 2. The third kappa shape index (κ3) is 2.92. The Labute approximate surface area is 107 Å². The molecule has 0 saturated carbocycles. The number of amides is 1. The van der Waals surface area contributed by atoms with E-state index in [1.165, 1.54) is 0 Å². The van der Waals surface area contributed by atoms with Gasteiger partial charge in [-0.2, -0.15) is 5.26 Å². The number of carbonyl (C=O) groups excluding carboxylic acids is 1. The topological polar surface area (TPSA) is 82.2 Å². The quantitative estimate of drug-likeness (QED) is 0.786. The fraction of sp³-hybridized carbons (Fsp3) is 0.385. The number of benzene rings is 1.